The molecule has 4 heteroatoms. The molecule has 0 atom stereocenters. The first-order valence-electron chi connectivity index (χ1n) is 8.51. The largest absolute Gasteiger partial charge is 0.507 e. The van der Waals surface area contributed by atoms with Gasteiger partial charge < -0.3 is 14.9 Å². The van der Waals surface area contributed by atoms with Gasteiger partial charge in [0.25, 0.3) is 0 Å². The van der Waals surface area contributed by atoms with E-state index in [1.807, 2.05) is 6.92 Å². The normalized spacial score (nSPS) is 11.5. The van der Waals surface area contributed by atoms with Gasteiger partial charge in [0.15, 0.2) is 0 Å². The number of benzene rings is 1. The van der Waals surface area contributed by atoms with E-state index in [-0.39, 0.29) is 24.4 Å². The van der Waals surface area contributed by atoms with Crippen molar-refractivity contribution < 1.29 is 19.7 Å². The Kier molecular flexibility index (Phi) is 7.56. The third kappa shape index (κ3) is 5.24. The zero-order valence-electron chi connectivity index (χ0n) is 14.8. The predicted octanol–water partition coefficient (Wildman–Crippen LogP) is 3.96. The topological polar surface area (TPSA) is 66.8 Å². The number of phenols is 1. The van der Waals surface area contributed by atoms with Crippen molar-refractivity contribution in [1.82, 2.24) is 0 Å². The zero-order chi connectivity index (χ0) is 17.5. The fraction of sp³-hybridized carbons (Fsp3) is 0.632. The Morgan fingerprint density at radius 2 is 1.91 bits per heavy atom. The number of aryl methyl sites for hydroxylation is 1. The smallest absolute Gasteiger partial charge is 0.338 e. The van der Waals surface area contributed by atoms with Crippen LogP contribution < -0.4 is 0 Å². The molecular weight excluding hydrogens is 292 g/mol. The van der Waals surface area contributed by atoms with Crippen LogP contribution in [0.25, 0.3) is 0 Å². The molecule has 0 saturated carbocycles. The molecule has 0 aliphatic rings. The van der Waals surface area contributed by atoms with Gasteiger partial charge in [-0.15, -0.1) is 0 Å². The number of phenolic OH excluding ortho intramolecular Hbond substituents is 1. The van der Waals surface area contributed by atoms with Gasteiger partial charge in [0, 0.05) is 5.56 Å². The van der Waals surface area contributed by atoms with E-state index in [1.165, 1.54) is 0 Å². The minimum atomic E-state index is -0.459. The molecule has 2 N–H and O–H groups in total. The number of esters is 1. The quantitative estimate of drug-likeness (QED) is 0.533. The average molecular weight is 322 g/mol. The number of carbonyl (C=O) groups excluding carboxylic acids is 1. The van der Waals surface area contributed by atoms with E-state index in [4.69, 9.17) is 9.84 Å². The Balaban J connectivity index is 3.16. The van der Waals surface area contributed by atoms with Crippen molar-refractivity contribution in [3.8, 4) is 5.75 Å². The summed E-state index contributed by atoms with van der Waals surface area (Å²) in [4.78, 5) is 12.1. The van der Waals surface area contributed by atoms with Gasteiger partial charge in [-0.3, -0.25) is 0 Å². The molecule has 1 aromatic carbocycles. The van der Waals surface area contributed by atoms with Gasteiger partial charge in [-0.25, -0.2) is 4.79 Å². The third-order valence-corrected chi connectivity index (χ3v) is 4.26. The molecule has 23 heavy (non-hydrogen) atoms. The maximum atomic E-state index is 12.1. The molecule has 130 valence electrons. The van der Waals surface area contributed by atoms with Crippen molar-refractivity contribution in [3.63, 3.8) is 0 Å². The van der Waals surface area contributed by atoms with Crippen LogP contribution >= 0.6 is 0 Å². The molecule has 0 radical (unpaired) electrons. The summed E-state index contributed by atoms with van der Waals surface area (Å²) in [5.41, 5.74) is 1.77. The van der Waals surface area contributed by atoms with Crippen LogP contribution in [0.1, 0.15) is 74.9 Å². The fourth-order valence-corrected chi connectivity index (χ4v) is 2.77. The Morgan fingerprint density at radius 1 is 1.22 bits per heavy atom. The number of ether oxygens (including phenoxy) is 1. The summed E-state index contributed by atoms with van der Waals surface area (Å²) in [5.74, 6) is -0.174. The van der Waals surface area contributed by atoms with E-state index in [2.05, 4.69) is 20.8 Å². The first-order valence-corrected chi connectivity index (χ1v) is 8.51. The molecule has 0 bridgehead atoms. The highest BCUT2D eigenvalue weighted by Crippen LogP contribution is 2.38. The summed E-state index contributed by atoms with van der Waals surface area (Å²) in [6.45, 7) is 8.10. The Morgan fingerprint density at radius 3 is 2.48 bits per heavy atom. The highest BCUT2D eigenvalue weighted by molar-refractivity contribution is 5.90. The highest BCUT2D eigenvalue weighted by Gasteiger charge is 2.26. The zero-order valence-corrected chi connectivity index (χ0v) is 14.8. The van der Waals surface area contributed by atoms with Crippen LogP contribution in [-0.2, 0) is 16.6 Å². The van der Waals surface area contributed by atoms with Crippen LogP contribution in [0.3, 0.4) is 0 Å². The Bertz CT molecular complexity index is 520. The van der Waals surface area contributed by atoms with Gasteiger partial charge in [0.05, 0.1) is 12.2 Å². The number of aliphatic hydroxyl groups excluding tert-OH is 1. The fourth-order valence-electron chi connectivity index (χ4n) is 2.77. The molecule has 0 amide bonds. The Labute approximate surface area is 139 Å². The molecule has 0 spiro atoms. The Hall–Kier alpha value is -1.55. The molecular formula is C19H30O4. The van der Waals surface area contributed by atoms with Crippen molar-refractivity contribution in [2.75, 3.05) is 13.2 Å². The molecule has 1 aromatic rings. The van der Waals surface area contributed by atoms with E-state index in [0.717, 1.165) is 36.8 Å². The molecule has 0 fully saturated rings. The summed E-state index contributed by atoms with van der Waals surface area (Å²) in [7, 11) is 0. The van der Waals surface area contributed by atoms with Crippen LogP contribution in [0.15, 0.2) is 12.1 Å². The summed E-state index contributed by atoms with van der Waals surface area (Å²) >= 11 is 0. The monoisotopic (exact) mass is 322 g/mol. The first-order chi connectivity index (χ1) is 10.9. The first kappa shape index (κ1) is 19.5. The predicted molar refractivity (Wildman–Crippen MR) is 92.0 cm³/mol. The van der Waals surface area contributed by atoms with Crippen molar-refractivity contribution in [2.45, 2.75) is 65.2 Å². The van der Waals surface area contributed by atoms with Gasteiger partial charge in [-0.1, -0.05) is 47.0 Å². The summed E-state index contributed by atoms with van der Waals surface area (Å²) in [6.07, 6.45) is 4.99. The lowest BCUT2D eigenvalue weighted by Crippen LogP contribution is -2.19. The second-order valence-corrected chi connectivity index (χ2v) is 6.59. The van der Waals surface area contributed by atoms with Gasteiger partial charge in [-0.2, -0.15) is 0 Å². The number of aromatic hydroxyl groups is 1. The van der Waals surface area contributed by atoms with Crippen LogP contribution in [0.2, 0.25) is 0 Å². The molecule has 0 aliphatic heterocycles. The van der Waals surface area contributed by atoms with E-state index in [9.17, 15) is 9.90 Å². The van der Waals surface area contributed by atoms with Gasteiger partial charge in [0.2, 0.25) is 0 Å². The van der Waals surface area contributed by atoms with Crippen molar-refractivity contribution in [1.29, 1.82) is 0 Å². The second-order valence-electron chi connectivity index (χ2n) is 6.59. The standard InChI is InChI=1S/C19H30O4/c1-5-7-8-9-19(3,4)16-13-15(18(22)23-11-10-20)12-14(6-2)17(16)21/h12-13,20-21H,5-11H2,1-4H3. The van der Waals surface area contributed by atoms with Crippen molar-refractivity contribution in [2.24, 2.45) is 0 Å². The minimum absolute atomic E-state index is 0.0175. The van der Waals surface area contributed by atoms with E-state index >= 15 is 0 Å². The van der Waals surface area contributed by atoms with Gasteiger partial charge in [0.1, 0.15) is 12.4 Å². The SMILES string of the molecule is CCCCCC(C)(C)c1cc(C(=O)OCCO)cc(CC)c1O. The molecule has 0 aliphatic carbocycles. The van der Waals surface area contributed by atoms with E-state index in [1.54, 1.807) is 12.1 Å². The van der Waals surface area contributed by atoms with Crippen LogP contribution in [0, 0.1) is 0 Å². The second kappa shape index (κ2) is 8.92. The number of carbonyl (C=O) groups is 1. The lowest BCUT2D eigenvalue weighted by molar-refractivity contribution is 0.0433. The van der Waals surface area contributed by atoms with Gasteiger partial charge >= 0.3 is 5.97 Å². The van der Waals surface area contributed by atoms with E-state index < -0.39 is 5.97 Å². The molecule has 0 unspecified atom stereocenters. The van der Waals surface area contributed by atoms with Crippen LogP contribution in [-0.4, -0.2) is 29.4 Å². The van der Waals surface area contributed by atoms with Crippen molar-refractivity contribution >= 4 is 5.97 Å². The average Bonchev–Trinajstić information content (AvgIpc) is 2.52. The summed E-state index contributed by atoms with van der Waals surface area (Å²) < 4.78 is 5.01. The summed E-state index contributed by atoms with van der Waals surface area (Å²) in [5, 5.41) is 19.4. The molecule has 4 nitrogen and oxygen atoms in total. The number of aliphatic hydroxyl groups is 1. The van der Waals surface area contributed by atoms with Crippen molar-refractivity contribution in [3.05, 3.63) is 28.8 Å². The number of hydrogen-bond acceptors (Lipinski definition) is 4. The number of hydrogen-bond donors (Lipinski definition) is 2. The van der Waals surface area contributed by atoms with Crippen LogP contribution in [0.5, 0.6) is 5.75 Å². The minimum Gasteiger partial charge on any atom is -0.507 e. The highest BCUT2D eigenvalue weighted by atomic mass is 16.5. The molecule has 0 saturated heterocycles. The van der Waals surface area contributed by atoms with Gasteiger partial charge in [-0.05, 0) is 36.0 Å². The lowest BCUT2D eigenvalue weighted by Gasteiger charge is -2.27. The molecule has 0 aromatic heterocycles. The third-order valence-electron chi connectivity index (χ3n) is 4.26. The summed E-state index contributed by atoms with van der Waals surface area (Å²) in [6, 6.07) is 3.42. The molecule has 1 rings (SSSR count). The maximum Gasteiger partial charge on any atom is 0.338 e. The van der Waals surface area contributed by atoms with E-state index in [0.29, 0.717) is 12.0 Å². The van der Waals surface area contributed by atoms with Crippen LogP contribution in [0.4, 0.5) is 0 Å². The lowest BCUT2D eigenvalue weighted by atomic mass is 9.78. The number of rotatable bonds is 9. The molecule has 0 heterocycles. The number of unbranched alkanes of at least 4 members (excludes halogenated alkanes) is 2. The maximum absolute atomic E-state index is 12.1.